The van der Waals surface area contributed by atoms with E-state index < -0.39 is 15.3 Å². The first-order valence-electron chi connectivity index (χ1n) is 6.23. The fourth-order valence-electron chi connectivity index (χ4n) is 1.69. The summed E-state index contributed by atoms with van der Waals surface area (Å²) < 4.78 is 26.2. The van der Waals surface area contributed by atoms with Crippen molar-refractivity contribution < 1.29 is 8.42 Å². The molecule has 0 spiro atoms. The van der Waals surface area contributed by atoms with Crippen molar-refractivity contribution in [2.45, 2.75) is 25.0 Å². The van der Waals surface area contributed by atoms with Gasteiger partial charge in [0.05, 0.1) is 5.25 Å². The van der Waals surface area contributed by atoms with Crippen molar-refractivity contribution in [1.82, 2.24) is 10.0 Å². The topological polar surface area (TPSA) is 58.2 Å². The minimum Gasteiger partial charge on any atom is -0.318 e. The van der Waals surface area contributed by atoms with Gasteiger partial charge in [0.25, 0.3) is 0 Å². The summed E-state index contributed by atoms with van der Waals surface area (Å²) in [6.45, 7) is 2.66. The van der Waals surface area contributed by atoms with Crippen LogP contribution in [0, 0.1) is 0 Å². The molecule has 0 bridgehead atoms. The number of hydrogen-bond donors (Lipinski definition) is 2. The Kier molecular flexibility index (Phi) is 6.32. The van der Waals surface area contributed by atoms with E-state index in [9.17, 15) is 8.42 Å². The van der Waals surface area contributed by atoms with E-state index in [1.165, 1.54) is 5.56 Å². The smallest absolute Gasteiger partial charge is 0.215 e. The SMILES string of the molecule is CNCC(C)S(=O)(=O)NCCCc1ccccc1. The molecule has 0 saturated heterocycles. The lowest BCUT2D eigenvalue weighted by Crippen LogP contribution is -2.38. The lowest BCUT2D eigenvalue weighted by Gasteiger charge is -2.13. The Bertz CT molecular complexity index is 432. The van der Waals surface area contributed by atoms with Crippen LogP contribution in [-0.2, 0) is 16.4 Å². The van der Waals surface area contributed by atoms with Gasteiger partial charge in [-0.25, -0.2) is 13.1 Å². The predicted molar refractivity (Wildman–Crippen MR) is 75.1 cm³/mol. The maximum absolute atomic E-state index is 11.8. The van der Waals surface area contributed by atoms with Crippen LogP contribution < -0.4 is 10.0 Å². The van der Waals surface area contributed by atoms with Crippen LogP contribution in [0.5, 0.6) is 0 Å². The summed E-state index contributed by atoms with van der Waals surface area (Å²) in [5.41, 5.74) is 1.24. The first-order chi connectivity index (χ1) is 8.56. The van der Waals surface area contributed by atoms with E-state index in [0.717, 1.165) is 12.8 Å². The molecule has 0 aliphatic rings. The molecule has 0 radical (unpaired) electrons. The number of sulfonamides is 1. The van der Waals surface area contributed by atoms with Crippen molar-refractivity contribution in [2.75, 3.05) is 20.1 Å². The average molecular weight is 270 g/mol. The van der Waals surface area contributed by atoms with Crippen LogP contribution in [0.15, 0.2) is 30.3 Å². The van der Waals surface area contributed by atoms with Crippen LogP contribution >= 0.6 is 0 Å². The highest BCUT2D eigenvalue weighted by Gasteiger charge is 2.18. The summed E-state index contributed by atoms with van der Waals surface area (Å²) in [5, 5.41) is 2.47. The Morgan fingerprint density at radius 2 is 1.89 bits per heavy atom. The van der Waals surface area contributed by atoms with Gasteiger partial charge < -0.3 is 5.32 Å². The molecule has 1 aromatic rings. The minimum absolute atomic E-state index is 0.403. The van der Waals surface area contributed by atoms with Gasteiger partial charge in [0.1, 0.15) is 0 Å². The van der Waals surface area contributed by atoms with E-state index in [1.807, 2.05) is 18.2 Å². The van der Waals surface area contributed by atoms with Gasteiger partial charge >= 0.3 is 0 Å². The number of rotatable bonds is 8. The number of aryl methyl sites for hydroxylation is 1. The molecule has 2 N–H and O–H groups in total. The highest BCUT2D eigenvalue weighted by Crippen LogP contribution is 2.02. The standard InChI is InChI=1S/C13H22N2O2S/c1-12(11-14-2)18(16,17)15-10-6-9-13-7-4-3-5-8-13/h3-5,7-8,12,14-15H,6,9-11H2,1-2H3. The highest BCUT2D eigenvalue weighted by molar-refractivity contribution is 7.90. The van der Waals surface area contributed by atoms with Crippen LogP contribution in [0.1, 0.15) is 18.9 Å². The molecule has 0 amide bonds. The van der Waals surface area contributed by atoms with Gasteiger partial charge in [-0.05, 0) is 32.4 Å². The summed E-state index contributed by atoms with van der Waals surface area (Å²) in [6.07, 6.45) is 1.71. The lowest BCUT2D eigenvalue weighted by molar-refractivity contribution is 0.561. The quantitative estimate of drug-likeness (QED) is 0.697. The molecule has 1 unspecified atom stereocenters. The Hall–Kier alpha value is -0.910. The minimum atomic E-state index is -3.19. The van der Waals surface area contributed by atoms with Crippen molar-refractivity contribution in [2.24, 2.45) is 0 Å². The first-order valence-corrected chi connectivity index (χ1v) is 7.78. The first kappa shape index (κ1) is 15.1. The number of benzene rings is 1. The van der Waals surface area contributed by atoms with Crippen LogP contribution in [-0.4, -0.2) is 33.8 Å². The van der Waals surface area contributed by atoms with Gasteiger partial charge in [0.2, 0.25) is 10.0 Å². The molecular formula is C13H22N2O2S. The van der Waals surface area contributed by atoms with E-state index in [-0.39, 0.29) is 0 Å². The van der Waals surface area contributed by atoms with Crippen molar-refractivity contribution in [1.29, 1.82) is 0 Å². The Labute approximate surface area is 110 Å². The second kappa shape index (κ2) is 7.51. The summed E-state index contributed by atoms with van der Waals surface area (Å²) in [6, 6.07) is 10.1. The second-order valence-corrected chi connectivity index (χ2v) is 6.58. The molecule has 0 aliphatic carbocycles. The molecule has 5 heteroatoms. The number of nitrogens with one attached hydrogen (secondary N) is 2. The fourth-order valence-corrected chi connectivity index (χ4v) is 2.79. The molecular weight excluding hydrogens is 248 g/mol. The van der Waals surface area contributed by atoms with Crippen molar-refractivity contribution in [3.8, 4) is 0 Å². The second-order valence-electron chi connectivity index (χ2n) is 4.40. The van der Waals surface area contributed by atoms with Gasteiger partial charge in [-0.3, -0.25) is 0 Å². The van der Waals surface area contributed by atoms with E-state index in [2.05, 4.69) is 22.2 Å². The third kappa shape index (κ3) is 5.16. The normalized spacial score (nSPS) is 13.4. The van der Waals surface area contributed by atoms with Crippen LogP contribution in [0.4, 0.5) is 0 Å². The molecule has 4 nitrogen and oxygen atoms in total. The Morgan fingerprint density at radius 1 is 1.22 bits per heavy atom. The maximum atomic E-state index is 11.8. The molecule has 0 saturated carbocycles. The largest absolute Gasteiger partial charge is 0.318 e. The molecule has 1 atom stereocenters. The molecule has 1 rings (SSSR count). The highest BCUT2D eigenvalue weighted by atomic mass is 32.2. The molecule has 18 heavy (non-hydrogen) atoms. The van der Waals surface area contributed by atoms with Crippen molar-refractivity contribution in [3.05, 3.63) is 35.9 Å². The Balaban J connectivity index is 2.29. The summed E-state index contributed by atoms with van der Waals surface area (Å²) >= 11 is 0. The Morgan fingerprint density at radius 3 is 2.50 bits per heavy atom. The number of hydrogen-bond acceptors (Lipinski definition) is 3. The molecule has 102 valence electrons. The zero-order valence-corrected chi connectivity index (χ0v) is 11.8. The molecule has 0 heterocycles. The lowest BCUT2D eigenvalue weighted by atomic mass is 10.1. The summed E-state index contributed by atoms with van der Waals surface area (Å²) in [5.74, 6) is 0. The molecule has 0 aliphatic heterocycles. The van der Waals surface area contributed by atoms with Gasteiger partial charge in [-0.1, -0.05) is 30.3 Å². The van der Waals surface area contributed by atoms with Gasteiger partial charge in [0, 0.05) is 13.1 Å². The van der Waals surface area contributed by atoms with Crippen molar-refractivity contribution >= 4 is 10.0 Å². The summed E-state index contributed by atoms with van der Waals surface area (Å²) in [7, 11) is -1.44. The van der Waals surface area contributed by atoms with E-state index >= 15 is 0 Å². The summed E-state index contributed by atoms with van der Waals surface area (Å²) in [4.78, 5) is 0. The van der Waals surface area contributed by atoms with E-state index in [4.69, 9.17) is 0 Å². The predicted octanol–water partition coefficient (Wildman–Crippen LogP) is 1.15. The van der Waals surface area contributed by atoms with Gasteiger partial charge in [0.15, 0.2) is 0 Å². The van der Waals surface area contributed by atoms with Crippen LogP contribution in [0.3, 0.4) is 0 Å². The van der Waals surface area contributed by atoms with Crippen LogP contribution in [0.25, 0.3) is 0 Å². The average Bonchev–Trinajstić information content (AvgIpc) is 2.36. The maximum Gasteiger partial charge on any atom is 0.215 e. The zero-order valence-electron chi connectivity index (χ0n) is 11.0. The van der Waals surface area contributed by atoms with Crippen LogP contribution in [0.2, 0.25) is 0 Å². The van der Waals surface area contributed by atoms with Crippen molar-refractivity contribution in [3.63, 3.8) is 0 Å². The zero-order chi connectivity index (χ0) is 13.4. The fraction of sp³-hybridized carbons (Fsp3) is 0.538. The third-order valence-electron chi connectivity index (χ3n) is 2.81. The molecule has 1 aromatic carbocycles. The monoisotopic (exact) mass is 270 g/mol. The molecule has 0 fully saturated rings. The third-order valence-corrected chi connectivity index (χ3v) is 4.64. The molecule has 0 aromatic heterocycles. The van der Waals surface area contributed by atoms with E-state index in [0.29, 0.717) is 13.1 Å². The van der Waals surface area contributed by atoms with Gasteiger partial charge in [-0.2, -0.15) is 0 Å². The van der Waals surface area contributed by atoms with E-state index in [1.54, 1.807) is 14.0 Å². The van der Waals surface area contributed by atoms with Gasteiger partial charge in [-0.15, -0.1) is 0 Å².